The van der Waals surface area contributed by atoms with Crippen molar-refractivity contribution in [3.63, 3.8) is 0 Å². The largest absolute Gasteiger partial charge is 0.363 e. The second kappa shape index (κ2) is 7.42. The molecule has 0 radical (unpaired) electrons. The number of rotatable bonds is 5. The molecule has 1 aromatic carbocycles. The first-order valence-electron chi connectivity index (χ1n) is 8.37. The van der Waals surface area contributed by atoms with Gasteiger partial charge in [-0.25, -0.2) is 9.97 Å². The van der Waals surface area contributed by atoms with Crippen LogP contribution >= 0.6 is 0 Å². The first kappa shape index (κ1) is 15.7. The second-order valence-electron chi connectivity index (χ2n) is 5.96. The topological polar surface area (TPSA) is 44.3 Å². The normalized spacial score (nSPS) is 17.0. The summed E-state index contributed by atoms with van der Waals surface area (Å²) >= 11 is 0. The van der Waals surface area contributed by atoms with E-state index in [1.165, 1.54) is 5.56 Å². The van der Waals surface area contributed by atoms with Gasteiger partial charge >= 0.3 is 0 Å². The molecule has 5 nitrogen and oxygen atoms in total. The smallest absolute Gasteiger partial charge is 0.134 e. The molecule has 1 saturated heterocycles. The molecule has 1 N–H and O–H groups in total. The Morgan fingerprint density at radius 3 is 2.52 bits per heavy atom. The molecule has 0 saturated carbocycles. The molecule has 1 aromatic heterocycles. The van der Waals surface area contributed by atoms with Crippen molar-refractivity contribution in [3.05, 3.63) is 48.3 Å². The van der Waals surface area contributed by atoms with Gasteiger partial charge in [-0.15, -0.1) is 0 Å². The lowest BCUT2D eigenvalue weighted by atomic mass is 10.1. The second-order valence-corrected chi connectivity index (χ2v) is 5.96. The third kappa shape index (κ3) is 3.99. The summed E-state index contributed by atoms with van der Waals surface area (Å²) in [5, 5.41) is 3.47. The van der Waals surface area contributed by atoms with Gasteiger partial charge < -0.3 is 15.1 Å². The predicted octanol–water partition coefficient (Wildman–Crippen LogP) is 2.79. The zero-order valence-corrected chi connectivity index (χ0v) is 13.9. The van der Waals surface area contributed by atoms with Crippen LogP contribution < -0.4 is 10.2 Å². The Morgan fingerprint density at radius 2 is 1.83 bits per heavy atom. The van der Waals surface area contributed by atoms with Gasteiger partial charge in [0.05, 0.1) is 0 Å². The molecule has 122 valence electrons. The van der Waals surface area contributed by atoms with E-state index in [1.54, 1.807) is 6.33 Å². The van der Waals surface area contributed by atoms with Gasteiger partial charge in [0.15, 0.2) is 0 Å². The van der Waals surface area contributed by atoms with Crippen molar-refractivity contribution in [1.29, 1.82) is 0 Å². The number of hydrogen-bond acceptors (Lipinski definition) is 5. The fourth-order valence-electron chi connectivity index (χ4n) is 2.94. The Balaban J connectivity index is 1.66. The SMILES string of the molecule is CCN1CCN(c2cc(NC(C)c3ccccc3)ncn2)CC1. The van der Waals surface area contributed by atoms with E-state index in [4.69, 9.17) is 0 Å². The van der Waals surface area contributed by atoms with Crippen molar-refractivity contribution >= 4 is 11.6 Å². The lowest BCUT2D eigenvalue weighted by molar-refractivity contribution is 0.270. The van der Waals surface area contributed by atoms with Crippen LogP contribution in [0, 0.1) is 0 Å². The van der Waals surface area contributed by atoms with E-state index in [2.05, 4.69) is 69.3 Å². The molecule has 2 heterocycles. The highest BCUT2D eigenvalue weighted by Crippen LogP contribution is 2.20. The minimum atomic E-state index is 0.218. The van der Waals surface area contributed by atoms with Crippen LogP contribution in [0.2, 0.25) is 0 Å². The summed E-state index contributed by atoms with van der Waals surface area (Å²) in [4.78, 5) is 13.6. The Kier molecular flexibility index (Phi) is 5.08. The fraction of sp³-hybridized carbons (Fsp3) is 0.444. The maximum atomic E-state index is 4.45. The fourth-order valence-corrected chi connectivity index (χ4v) is 2.94. The molecule has 1 atom stereocenters. The molecular weight excluding hydrogens is 286 g/mol. The molecule has 0 bridgehead atoms. The van der Waals surface area contributed by atoms with Gasteiger partial charge in [-0.2, -0.15) is 0 Å². The summed E-state index contributed by atoms with van der Waals surface area (Å²) in [7, 11) is 0. The molecule has 0 amide bonds. The summed E-state index contributed by atoms with van der Waals surface area (Å²) in [5.41, 5.74) is 1.25. The molecule has 1 aliphatic heterocycles. The molecule has 0 aliphatic carbocycles. The van der Waals surface area contributed by atoms with E-state index in [1.807, 2.05) is 6.07 Å². The van der Waals surface area contributed by atoms with Crippen LogP contribution in [0.25, 0.3) is 0 Å². The Bertz CT molecular complexity index is 608. The minimum Gasteiger partial charge on any atom is -0.363 e. The van der Waals surface area contributed by atoms with Gasteiger partial charge in [0.25, 0.3) is 0 Å². The van der Waals surface area contributed by atoms with Crippen LogP contribution in [0.3, 0.4) is 0 Å². The number of benzene rings is 1. The quantitative estimate of drug-likeness (QED) is 0.920. The van der Waals surface area contributed by atoms with Crippen molar-refractivity contribution in [1.82, 2.24) is 14.9 Å². The Labute approximate surface area is 138 Å². The van der Waals surface area contributed by atoms with Crippen LogP contribution in [-0.4, -0.2) is 47.6 Å². The molecule has 5 heteroatoms. The predicted molar refractivity (Wildman–Crippen MR) is 94.8 cm³/mol. The van der Waals surface area contributed by atoms with Crippen LogP contribution in [0.1, 0.15) is 25.5 Å². The third-order valence-electron chi connectivity index (χ3n) is 4.46. The van der Waals surface area contributed by atoms with E-state index in [0.717, 1.165) is 44.4 Å². The van der Waals surface area contributed by atoms with Crippen LogP contribution in [-0.2, 0) is 0 Å². The average molecular weight is 311 g/mol. The first-order valence-corrected chi connectivity index (χ1v) is 8.37. The zero-order chi connectivity index (χ0) is 16.1. The lowest BCUT2D eigenvalue weighted by Crippen LogP contribution is -2.46. The van der Waals surface area contributed by atoms with Crippen LogP contribution in [0.15, 0.2) is 42.7 Å². The van der Waals surface area contributed by atoms with Gasteiger partial charge in [-0.3, -0.25) is 0 Å². The standard InChI is InChI=1S/C18H25N5/c1-3-22-9-11-23(12-10-22)18-13-17(19-14-20-18)21-15(2)16-7-5-4-6-8-16/h4-8,13-15H,3,9-12H2,1-2H3,(H,19,20,21). The number of anilines is 2. The summed E-state index contributed by atoms with van der Waals surface area (Å²) < 4.78 is 0. The van der Waals surface area contributed by atoms with Crippen LogP contribution in [0.5, 0.6) is 0 Å². The maximum absolute atomic E-state index is 4.45. The van der Waals surface area contributed by atoms with Gasteiger partial charge in [-0.1, -0.05) is 37.3 Å². The average Bonchev–Trinajstić information content (AvgIpc) is 2.63. The summed E-state index contributed by atoms with van der Waals surface area (Å²) in [5.74, 6) is 1.89. The van der Waals surface area contributed by atoms with Crippen molar-refractivity contribution in [3.8, 4) is 0 Å². The Hall–Kier alpha value is -2.14. The molecule has 1 unspecified atom stereocenters. The van der Waals surface area contributed by atoms with Crippen molar-refractivity contribution in [2.45, 2.75) is 19.9 Å². The number of nitrogens with one attached hydrogen (secondary N) is 1. The van der Waals surface area contributed by atoms with E-state index in [0.29, 0.717) is 0 Å². The number of likely N-dealkylation sites (N-methyl/N-ethyl adjacent to an activating group) is 1. The minimum absolute atomic E-state index is 0.218. The highest BCUT2D eigenvalue weighted by atomic mass is 15.3. The molecule has 3 rings (SSSR count). The maximum Gasteiger partial charge on any atom is 0.134 e. The zero-order valence-electron chi connectivity index (χ0n) is 13.9. The molecule has 0 spiro atoms. The number of aromatic nitrogens is 2. The first-order chi connectivity index (χ1) is 11.3. The van der Waals surface area contributed by atoms with Crippen molar-refractivity contribution < 1.29 is 0 Å². The summed E-state index contributed by atoms with van der Waals surface area (Å²) in [6, 6.07) is 12.7. The Morgan fingerprint density at radius 1 is 1.09 bits per heavy atom. The molecular formula is C18H25N5. The van der Waals surface area contributed by atoms with E-state index in [-0.39, 0.29) is 6.04 Å². The highest BCUT2D eigenvalue weighted by Gasteiger charge is 2.17. The molecule has 2 aromatic rings. The van der Waals surface area contributed by atoms with E-state index < -0.39 is 0 Å². The molecule has 23 heavy (non-hydrogen) atoms. The monoisotopic (exact) mass is 311 g/mol. The lowest BCUT2D eigenvalue weighted by Gasteiger charge is -2.34. The summed E-state index contributed by atoms with van der Waals surface area (Å²) in [6.45, 7) is 9.74. The highest BCUT2D eigenvalue weighted by molar-refractivity contribution is 5.49. The van der Waals surface area contributed by atoms with E-state index in [9.17, 15) is 0 Å². The molecule has 1 aliphatic rings. The van der Waals surface area contributed by atoms with E-state index >= 15 is 0 Å². The molecule has 1 fully saturated rings. The number of hydrogen-bond donors (Lipinski definition) is 1. The number of piperazine rings is 1. The summed E-state index contributed by atoms with van der Waals surface area (Å²) in [6.07, 6.45) is 1.65. The van der Waals surface area contributed by atoms with Crippen LogP contribution in [0.4, 0.5) is 11.6 Å². The number of nitrogens with zero attached hydrogens (tertiary/aromatic N) is 4. The van der Waals surface area contributed by atoms with Crippen molar-refractivity contribution in [2.24, 2.45) is 0 Å². The van der Waals surface area contributed by atoms with Gasteiger partial charge in [0.2, 0.25) is 0 Å². The van der Waals surface area contributed by atoms with Gasteiger partial charge in [0.1, 0.15) is 18.0 Å². The third-order valence-corrected chi connectivity index (χ3v) is 4.46. The van der Waals surface area contributed by atoms with Gasteiger partial charge in [0, 0.05) is 38.3 Å². The van der Waals surface area contributed by atoms with Crippen molar-refractivity contribution in [2.75, 3.05) is 42.9 Å². The van der Waals surface area contributed by atoms with Gasteiger partial charge in [-0.05, 0) is 19.0 Å².